The normalized spacial score (nSPS) is 15.9. The molecule has 0 amide bonds. The van der Waals surface area contributed by atoms with Gasteiger partial charge in [0.1, 0.15) is 17.8 Å². The van der Waals surface area contributed by atoms with E-state index in [0.717, 1.165) is 45.2 Å². The quantitative estimate of drug-likeness (QED) is 0.184. The minimum absolute atomic E-state index is 0.192. The number of dihydropyridines is 1. The zero-order valence-corrected chi connectivity index (χ0v) is 31.4. The van der Waals surface area contributed by atoms with Crippen LogP contribution in [0.3, 0.4) is 0 Å². The van der Waals surface area contributed by atoms with E-state index in [1.165, 1.54) is 54.1 Å². The van der Waals surface area contributed by atoms with Gasteiger partial charge in [-0.1, -0.05) is 133 Å². The van der Waals surface area contributed by atoms with E-state index < -0.39 is 6.17 Å². The number of allylic oxidation sites excluding steroid dienone is 2. The second-order valence-corrected chi connectivity index (χ2v) is 15.1. The molecule has 12 rings (SSSR count). The Kier molecular flexibility index (Phi) is 7.25. The lowest BCUT2D eigenvalue weighted by Gasteiger charge is -2.29. The molecule has 8 aromatic carbocycles. The molecule has 58 heavy (non-hydrogen) atoms. The van der Waals surface area contributed by atoms with Gasteiger partial charge in [-0.15, -0.1) is 0 Å². The maximum Gasteiger partial charge on any atom is 0.184 e. The van der Waals surface area contributed by atoms with E-state index in [1.807, 2.05) is 0 Å². The number of aromatic nitrogens is 2. The SMILES string of the molecule is C1=CC(n2c3ccccc3c3cc4c5ccccc5n(-c5ccccc5)c4cc32)NC(C2N=C(c3ccc4ccccc4c3)NC(c3ccc4ccccc4c3)=N2)=C1. The summed E-state index contributed by atoms with van der Waals surface area (Å²) in [5, 5.41) is 17.2. The number of nitrogens with zero attached hydrogens (tertiary/aromatic N) is 4. The Balaban J connectivity index is 1.000. The molecule has 6 nitrogen and oxygen atoms in total. The van der Waals surface area contributed by atoms with Gasteiger partial charge in [0.15, 0.2) is 6.17 Å². The summed E-state index contributed by atoms with van der Waals surface area (Å²) in [6.45, 7) is 0. The van der Waals surface area contributed by atoms with E-state index in [9.17, 15) is 0 Å². The number of rotatable bonds is 5. The van der Waals surface area contributed by atoms with Crippen LogP contribution in [-0.4, -0.2) is 27.0 Å². The van der Waals surface area contributed by atoms with Crippen LogP contribution in [-0.2, 0) is 0 Å². The number of benzene rings is 8. The van der Waals surface area contributed by atoms with Gasteiger partial charge in [0, 0.05) is 38.4 Å². The summed E-state index contributed by atoms with van der Waals surface area (Å²) in [5.41, 5.74) is 8.78. The largest absolute Gasteiger partial charge is 0.362 e. The first-order chi connectivity index (χ1) is 28.7. The van der Waals surface area contributed by atoms with Crippen molar-refractivity contribution in [3.05, 3.63) is 211 Å². The molecule has 2 aliphatic heterocycles. The highest BCUT2D eigenvalue weighted by Gasteiger charge is 2.27. The Morgan fingerprint density at radius 2 is 1.02 bits per heavy atom. The van der Waals surface area contributed by atoms with Crippen LogP contribution in [0.2, 0.25) is 0 Å². The van der Waals surface area contributed by atoms with E-state index >= 15 is 0 Å². The molecule has 6 heteroatoms. The minimum atomic E-state index is -0.503. The number of para-hydroxylation sites is 3. The Morgan fingerprint density at radius 3 is 1.71 bits per heavy atom. The summed E-state index contributed by atoms with van der Waals surface area (Å²) in [5.74, 6) is 1.58. The van der Waals surface area contributed by atoms with E-state index in [2.05, 4.69) is 214 Å². The van der Waals surface area contributed by atoms with E-state index in [0.29, 0.717) is 0 Å². The van der Waals surface area contributed by atoms with Crippen LogP contribution in [0.1, 0.15) is 17.3 Å². The van der Waals surface area contributed by atoms with Gasteiger partial charge in [0.2, 0.25) is 0 Å². The predicted molar refractivity (Wildman–Crippen MR) is 241 cm³/mol. The van der Waals surface area contributed by atoms with Crippen molar-refractivity contribution in [2.45, 2.75) is 12.3 Å². The minimum Gasteiger partial charge on any atom is -0.362 e. The van der Waals surface area contributed by atoms with Gasteiger partial charge in [0.05, 0.1) is 27.8 Å². The molecule has 0 bridgehead atoms. The maximum atomic E-state index is 5.31. The number of hydrogen-bond acceptors (Lipinski definition) is 4. The van der Waals surface area contributed by atoms with Gasteiger partial charge in [-0.05, 0) is 82.2 Å². The van der Waals surface area contributed by atoms with Crippen LogP contribution in [0.25, 0.3) is 70.8 Å². The van der Waals surface area contributed by atoms with Gasteiger partial charge in [-0.3, -0.25) is 0 Å². The molecule has 1 unspecified atom stereocenters. The monoisotopic (exact) mass is 744 g/mol. The van der Waals surface area contributed by atoms with Crippen molar-refractivity contribution in [1.82, 2.24) is 19.8 Å². The average molecular weight is 745 g/mol. The van der Waals surface area contributed by atoms with Crippen LogP contribution in [0.4, 0.5) is 0 Å². The predicted octanol–water partition coefficient (Wildman–Crippen LogP) is 11.6. The number of aliphatic imine (C=N–C) groups is 2. The number of nitrogens with one attached hydrogen (secondary N) is 2. The second kappa shape index (κ2) is 12.9. The van der Waals surface area contributed by atoms with Crippen LogP contribution >= 0.6 is 0 Å². The molecular weight excluding hydrogens is 709 g/mol. The molecule has 4 heterocycles. The smallest absolute Gasteiger partial charge is 0.184 e. The van der Waals surface area contributed by atoms with Gasteiger partial charge < -0.3 is 19.8 Å². The lowest BCUT2D eigenvalue weighted by molar-refractivity contribution is 0.525. The molecule has 1 atom stereocenters. The zero-order valence-electron chi connectivity index (χ0n) is 31.4. The van der Waals surface area contributed by atoms with Crippen molar-refractivity contribution in [1.29, 1.82) is 0 Å². The molecule has 0 fully saturated rings. The lowest BCUT2D eigenvalue weighted by atomic mass is 10.0. The van der Waals surface area contributed by atoms with Crippen molar-refractivity contribution in [3.63, 3.8) is 0 Å². The highest BCUT2D eigenvalue weighted by molar-refractivity contribution is 6.19. The summed E-state index contributed by atoms with van der Waals surface area (Å²) in [4.78, 5) is 10.6. The van der Waals surface area contributed by atoms with Crippen molar-refractivity contribution in [2.24, 2.45) is 9.98 Å². The van der Waals surface area contributed by atoms with Crippen molar-refractivity contribution in [3.8, 4) is 5.69 Å². The molecule has 0 radical (unpaired) electrons. The second-order valence-electron chi connectivity index (χ2n) is 15.1. The zero-order chi connectivity index (χ0) is 38.2. The van der Waals surface area contributed by atoms with Crippen molar-refractivity contribution >= 4 is 76.8 Å². The Hall–Kier alpha value is -7.70. The van der Waals surface area contributed by atoms with Crippen molar-refractivity contribution in [2.75, 3.05) is 0 Å². The van der Waals surface area contributed by atoms with Gasteiger partial charge in [-0.25, -0.2) is 9.98 Å². The molecule has 0 saturated carbocycles. The molecule has 2 aliphatic rings. The number of hydrogen-bond donors (Lipinski definition) is 2. The summed E-state index contributed by atoms with van der Waals surface area (Å²) >= 11 is 0. The molecule has 274 valence electrons. The lowest BCUT2D eigenvalue weighted by Crippen LogP contribution is -2.40. The van der Waals surface area contributed by atoms with E-state index in [1.54, 1.807) is 0 Å². The van der Waals surface area contributed by atoms with Crippen LogP contribution in [0.5, 0.6) is 0 Å². The molecule has 0 saturated heterocycles. The Bertz CT molecular complexity index is 3320. The maximum absolute atomic E-state index is 5.31. The molecule has 0 spiro atoms. The Labute approximate surface area is 334 Å². The fourth-order valence-electron chi connectivity index (χ4n) is 9.01. The highest BCUT2D eigenvalue weighted by atomic mass is 15.2. The van der Waals surface area contributed by atoms with Crippen molar-refractivity contribution < 1.29 is 0 Å². The van der Waals surface area contributed by atoms with E-state index in [-0.39, 0.29) is 6.17 Å². The first-order valence-electron chi connectivity index (χ1n) is 19.8. The summed E-state index contributed by atoms with van der Waals surface area (Å²) in [6, 6.07) is 62.8. The third-order valence-corrected chi connectivity index (χ3v) is 11.7. The standard InChI is InChI=1S/C52H36N6/c1-2-17-39(18-3-1)57-45-22-10-8-19-40(45)42-31-43-41-20-9-11-23-46(41)58(48(43)32-47(42)57)49-24-12-21-44(53-49)52-55-50(37-27-25-33-13-4-6-15-35(33)29-37)54-51(56-52)38-28-26-34-14-5-7-16-36(34)30-38/h1-32,49,52-53H,(H,54,55,56). The molecule has 2 aromatic heterocycles. The number of amidine groups is 2. The van der Waals surface area contributed by atoms with Crippen LogP contribution in [0, 0.1) is 0 Å². The summed E-state index contributed by atoms with van der Waals surface area (Å²) in [7, 11) is 0. The molecule has 2 N–H and O–H groups in total. The highest BCUT2D eigenvalue weighted by Crippen LogP contribution is 2.40. The fraction of sp³-hybridized carbons (Fsp3) is 0.0385. The first-order valence-corrected chi connectivity index (χ1v) is 19.8. The van der Waals surface area contributed by atoms with Gasteiger partial charge in [0.25, 0.3) is 0 Å². The van der Waals surface area contributed by atoms with Crippen LogP contribution < -0.4 is 10.6 Å². The van der Waals surface area contributed by atoms with Gasteiger partial charge >= 0.3 is 0 Å². The average Bonchev–Trinajstić information content (AvgIpc) is 3.80. The molecule has 0 aliphatic carbocycles. The number of fused-ring (bicyclic) bond motifs is 8. The topological polar surface area (TPSA) is 58.6 Å². The first kappa shape index (κ1) is 32.5. The Morgan fingerprint density at radius 1 is 0.448 bits per heavy atom. The van der Waals surface area contributed by atoms with Crippen LogP contribution in [0.15, 0.2) is 210 Å². The summed E-state index contributed by atoms with van der Waals surface area (Å²) in [6.07, 6.45) is 5.80. The summed E-state index contributed by atoms with van der Waals surface area (Å²) < 4.78 is 4.83. The van der Waals surface area contributed by atoms with E-state index in [4.69, 9.17) is 9.98 Å². The third-order valence-electron chi connectivity index (χ3n) is 11.7. The third kappa shape index (κ3) is 5.19. The molecule has 10 aromatic rings. The fourth-order valence-corrected chi connectivity index (χ4v) is 9.01. The van der Waals surface area contributed by atoms with Gasteiger partial charge in [-0.2, -0.15) is 0 Å². The molecular formula is C52H36N6.